The van der Waals surface area contributed by atoms with Crippen molar-refractivity contribution in [2.24, 2.45) is 11.3 Å². The van der Waals surface area contributed by atoms with E-state index in [0.717, 1.165) is 35.9 Å². The van der Waals surface area contributed by atoms with E-state index >= 15 is 0 Å². The number of nitrogens with zero attached hydrogens (tertiary/aromatic N) is 2. The van der Waals surface area contributed by atoms with Crippen molar-refractivity contribution in [3.05, 3.63) is 42.2 Å². The molecule has 1 aromatic carbocycles. The standard InChI is InChI=1S/C24H36N4O4S/c1-17(2)15-27-12-10-21(24(4,5)16-27)26-22(29)14-20-23(30)25-11-13-28(20)33(31,32)19-8-6-18(3)7-9-19/h6-9,11,13,17,20-21H,10,12,14-16H2,1-5H3,(H,25,30)(H,26,29)/t20-,21+/m1/s1. The average Bonchev–Trinajstić information content (AvgIpc) is 2.71. The van der Waals surface area contributed by atoms with E-state index in [1.165, 1.54) is 24.5 Å². The van der Waals surface area contributed by atoms with Crippen LogP contribution in [0.25, 0.3) is 0 Å². The van der Waals surface area contributed by atoms with Crippen molar-refractivity contribution in [2.75, 3.05) is 19.6 Å². The normalized spacial score (nSPS) is 23.5. The zero-order valence-electron chi connectivity index (χ0n) is 20.2. The fourth-order valence-electron chi connectivity index (χ4n) is 4.61. The minimum absolute atomic E-state index is 0.0437. The summed E-state index contributed by atoms with van der Waals surface area (Å²) in [7, 11) is -3.98. The molecule has 0 saturated carbocycles. The number of hydrogen-bond acceptors (Lipinski definition) is 5. The molecule has 0 unspecified atom stereocenters. The second-order valence-electron chi connectivity index (χ2n) is 10.2. The Hall–Kier alpha value is -2.39. The molecule has 9 heteroatoms. The van der Waals surface area contributed by atoms with Gasteiger partial charge in [-0.25, -0.2) is 8.42 Å². The Morgan fingerprint density at radius 2 is 1.91 bits per heavy atom. The summed E-state index contributed by atoms with van der Waals surface area (Å²) in [5.41, 5.74) is 0.796. The number of aryl methyl sites for hydroxylation is 1. The molecule has 2 aliphatic rings. The lowest BCUT2D eigenvalue weighted by Gasteiger charge is -2.45. The number of rotatable bonds is 7. The number of likely N-dealkylation sites (tertiary alicyclic amines) is 1. The molecular formula is C24H36N4O4S. The molecule has 2 amide bonds. The quantitative estimate of drug-likeness (QED) is 0.629. The number of sulfonamides is 1. The van der Waals surface area contributed by atoms with Gasteiger partial charge in [0.05, 0.1) is 11.3 Å². The second-order valence-corrected chi connectivity index (χ2v) is 12.1. The minimum Gasteiger partial charge on any atom is -0.353 e. The second kappa shape index (κ2) is 9.85. The lowest BCUT2D eigenvalue weighted by molar-refractivity contribution is -0.130. The maximum atomic E-state index is 13.2. The molecule has 1 aromatic rings. The Kier molecular flexibility index (Phi) is 7.53. The van der Waals surface area contributed by atoms with Gasteiger partial charge in [-0.1, -0.05) is 45.4 Å². The largest absolute Gasteiger partial charge is 0.353 e. The maximum absolute atomic E-state index is 13.2. The first-order valence-corrected chi connectivity index (χ1v) is 12.9. The Labute approximate surface area is 197 Å². The van der Waals surface area contributed by atoms with Crippen molar-refractivity contribution in [1.29, 1.82) is 0 Å². The molecule has 8 nitrogen and oxygen atoms in total. The van der Waals surface area contributed by atoms with Crippen molar-refractivity contribution in [3.63, 3.8) is 0 Å². The van der Waals surface area contributed by atoms with E-state index in [9.17, 15) is 18.0 Å². The zero-order valence-corrected chi connectivity index (χ0v) is 21.0. The van der Waals surface area contributed by atoms with Gasteiger partial charge in [-0.3, -0.25) is 13.9 Å². The first-order valence-electron chi connectivity index (χ1n) is 11.5. The van der Waals surface area contributed by atoms with Crippen LogP contribution in [0.4, 0.5) is 0 Å². The number of hydrogen-bond donors (Lipinski definition) is 2. The number of carbonyl (C=O) groups is 2. The summed E-state index contributed by atoms with van der Waals surface area (Å²) in [6, 6.07) is 5.24. The molecule has 3 rings (SSSR count). The monoisotopic (exact) mass is 476 g/mol. The van der Waals surface area contributed by atoms with Gasteiger partial charge < -0.3 is 15.5 Å². The van der Waals surface area contributed by atoms with E-state index in [-0.39, 0.29) is 28.7 Å². The number of benzene rings is 1. The Balaban J connectivity index is 1.71. The molecule has 2 heterocycles. The molecule has 2 N–H and O–H groups in total. The highest BCUT2D eigenvalue weighted by molar-refractivity contribution is 7.89. The first-order chi connectivity index (χ1) is 15.4. The summed E-state index contributed by atoms with van der Waals surface area (Å²) >= 11 is 0. The van der Waals surface area contributed by atoms with Crippen molar-refractivity contribution >= 4 is 21.8 Å². The van der Waals surface area contributed by atoms with Crippen LogP contribution < -0.4 is 10.6 Å². The van der Waals surface area contributed by atoms with E-state index in [0.29, 0.717) is 5.92 Å². The fraction of sp³-hybridized carbons (Fsp3) is 0.583. The summed E-state index contributed by atoms with van der Waals surface area (Å²) < 4.78 is 27.4. The van der Waals surface area contributed by atoms with Crippen molar-refractivity contribution in [1.82, 2.24) is 19.8 Å². The average molecular weight is 477 g/mol. The van der Waals surface area contributed by atoms with E-state index in [2.05, 4.69) is 43.2 Å². The summed E-state index contributed by atoms with van der Waals surface area (Å²) in [6.07, 6.45) is 3.16. The van der Waals surface area contributed by atoms with Crippen LogP contribution in [0.3, 0.4) is 0 Å². The van der Waals surface area contributed by atoms with Crippen LogP contribution in [0, 0.1) is 18.3 Å². The summed E-state index contributed by atoms with van der Waals surface area (Å²) in [5.74, 6) is -0.273. The Morgan fingerprint density at radius 3 is 2.52 bits per heavy atom. The summed E-state index contributed by atoms with van der Waals surface area (Å²) in [6.45, 7) is 13.3. The van der Waals surface area contributed by atoms with Gasteiger partial charge in [0.1, 0.15) is 6.04 Å². The molecule has 0 aliphatic carbocycles. The highest BCUT2D eigenvalue weighted by Crippen LogP contribution is 2.30. The predicted octanol–water partition coefficient (Wildman–Crippen LogP) is 2.22. The third-order valence-corrected chi connectivity index (χ3v) is 8.10. The third-order valence-electron chi connectivity index (χ3n) is 6.30. The van der Waals surface area contributed by atoms with Gasteiger partial charge in [-0.15, -0.1) is 0 Å². The predicted molar refractivity (Wildman–Crippen MR) is 127 cm³/mol. The van der Waals surface area contributed by atoms with E-state index in [1.807, 2.05) is 6.92 Å². The van der Waals surface area contributed by atoms with Crippen LogP contribution >= 0.6 is 0 Å². The number of carbonyl (C=O) groups excluding carboxylic acids is 2. The highest BCUT2D eigenvalue weighted by Gasteiger charge is 2.40. The van der Waals surface area contributed by atoms with E-state index in [4.69, 9.17) is 0 Å². The van der Waals surface area contributed by atoms with Gasteiger partial charge >= 0.3 is 0 Å². The third kappa shape index (κ3) is 5.95. The van der Waals surface area contributed by atoms with Gasteiger partial charge in [0, 0.05) is 38.1 Å². The zero-order chi connectivity index (χ0) is 24.4. The first kappa shape index (κ1) is 25.2. The highest BCUT2D eigenvalue weighted by atomic mass is 32.2. The Bertz CT molecular complexity index is 1000. The molecule has 0 radical (unpaired) electrons. The van der Waals surface area contributed by atoms with Crippen LogP contribution in [-0.4, -0.2) is 61.2 Å². The molecule has 182 valence electrons. The van der Waals surface area contributed by atoms with Crippen molar-refractivity contribution < 1.29 is 18.0 Å². The molecule has 1 fully saturated rings. The number of nitrogens with one attached hydrogen (secondary N) is 2. The molecule has 2 atom stereocenters. The van der Waals surface area contributed by atoms with Crippen molar-refractivity contribution in [3.8, 4) is 0 Å². The van der Waals surface area contributed by atoms with Crippen LogP contribution in [0.15, 0.2) is 41.6 Å². The smallest absolute Gasteiger partial charge is 0.264 e. The van der Waals surface area contributed by atoms with Gasteiger partial charge in [0.15, 0.2) is 0 Å². The van der Waals surface area contributed by atoms with Gasteiger partial charge in [0.25, 0.3) is 10.0 Å². The SMILES string of the molecule is Cc1ccc(S(=O)(=O)N2C=CNC(=O)[C@H]2CC(=O)N[C@H]2CCN(CC(C)C)CC2(C)C)cc1. The van der Waals surface area contributed by atoms with Gasteiger partial charge in [-0.05, 0) is 36.8 Å². The number of amides is 2. The van der Waals surface area contributed by atoms with Crippen LogP contribution in [0.1, 0.15) is 46.1 Å². The van der Waals surface area contributed by atoms with E-state index < -0.39 is 22.0 Å². The van der Waals surface area contributed by atoms with Crippen LogP contribution in [0.2, 0.25) is 0 Å². The topological polar surface area (TPSA) is 98.8 Å². The fourth-order valence-corrected chi connectivity index (χ4v) is 6.06. The van der Waals surface area contributed by atoms with Crippen LogP contribution in [-0.2, 0) is 19.6 Å². The molecule has 33 heavy (non-hydrogen) atoms. The minimum atomic E-state index is -3.98. The molecule has 0 aromatic heterocycles. The molecule has 2 aliphatic heterocycles. The van der Waals surface area contributed by atoms with Gasteiger partial charge in [0.2, 0.25) is 11.8 Å². The van der Waals surface area contributed by atoms with E-state index in [1.54, 1.807) is 12.1 Å². The van der Waals surface area contributed by atoms with Crippen molar-refractivity contribution in [2.45, 2.75) is 64.4 Å². The van der Waals surface area contributed by atoms with Gasteiger partial charge in [-0.2, -0.15) is 0 Å². The molecule has 1 saturated heterocycles. The molecule has 0 spiro atoms. The molecular weight excluding hydrogens is 440 g/mol. The molecule has 0 bridgehead atoms. The lowest BCUT2D eigenvalue weighted by atomic mass is 9.78. The lowest BCUT2D eigenvalue weighted by Crippen LogP contribution is -2.57. The maximum Gasteiger partial charge on any atom is 0.264 e. The Morgan fingerprint density at radius 1 is 1.24 bits per heavy atom. The number of piperidine rings is 1. The summed E-state index contributed by atoms with van der Waals surface area (Å²) in [5, 5.41) is 5.61. The summed E-state index contributed by atoms with van der Waals surface area (Å²) in [4.78, 5) is 28.1. The van der Waals surface area contributed by atoms with Crippen LogP contribution in [0.5, 0.6) is 0 Å².